The molecule has 3 aliphatic rings. The lowest BCUT2D eigenvalue weighted by Gasteiger charge is -2.18. The lowest BCUT2D eigenvalue weighted by molar-refractivity contribution is -0.140. The highest BCUT2D eigenvalue weighted by atomic mass is 19.4. The van der Waals surface area contributed by atoms with Crippen LogP contribution in [-0.2, 0) is 9.59 Å². The van der Waals surface area contributed by atoms with E-state index in [1.807, 2.05) is 12.2 Å². The molecule has 2 bridgehead atoms. The van der Waals surface area contributed by atoms with Gasteiger partial charge in [0.05, 0.1) is 24.8 Å². The quantitative estimate of drug-likeness (QED) is 0.319. The minimum absolute atomic E-state index is 0.127. The van der Waals surface area contributed by atoms with Crippen molar-refractivity contribution in [1.29, 1.82) is 0 Å². The molecule has 1 saturated carbocycles. The third-order valence-corrected chi connectivity index (χ3v) is 5.20. The summed E-state index contributed by atoms with van der Waals surface area (Å²) in [6.45, 7) is 2.36. The predicted octanol–water partition coefficient (Wildman–Crippen LogP) is 1.30. The largest absolute Gasteiger partial charge is 0.390 e. The molecular formula is C17H23F3N4O2. The molecule has 2 fully saturated rings. The van der Waals surface area contributed by atoms with Crippen LogP contribution in [0.3, 0.4) is 0 Å². The number of fused-ring (bicyclic) bond motifs is 5. The van der Waals surface area contributed by atoms with Crippen molar-refractivity contribution in [2.45, 2.75) is 25.9 Å². The van der Waals surface area contributed by atoms with Gasteiger partial charge in [0.25, 0.3) is 0 Å². The first-order valence-corrected chi connectivity index (χ1v) is 8.94. The van der Waals surface area contributed by atoms with Crippen molar-refractivity contribution in [3.8, 4) is 0 Å². The number of allylic oxidation sites excluding steroid dienone is 2. The molecule has 4 atom stereocenters. The number of nitrogens with zero attached hydrogens (tertiary/aromatic N) is 2. The first kappa shape index (κ1) is 18.7. The van der Waals surface area contributed by atoms with Crippen molar-refractivity contribution in [1.82, 2.24) is 15.5 Å². The molecule has 0 aromatic carbocycles. The van der Waals surface area contributed by atoms with E-state index in [2.05, 4.69) is 15.6 Å². The number of carbonyl (C=O) groups is 2. The highest BCUT2D eigenvalue weighted by Gasteiger charge is 2.58. The number of aliphatic imine (C=N–C) groups is 1. The van der Waals surface area contributed by atoms with Crippen LogP contribution in [-0.4, -0.2) is 55.0 Å². The fourth-order valence-electron chi connectivity index (χ4n) is 4.11. The van der Waals surface area contributed by atoms with Gasteiger partial charge in [0.1, 0.15) is 0 Å². The molecule has 2 amide bonds. The van der Waals surface area contributed by atoms with E-state index < -0.39 is 12.6 Å². The van der Waals surface area contributed by atoms with E-state index in [-0.39, 0.29) is 61.1 Å². The van der Waals surface area contributed by atoms with Crippen LogP contribution in [0.5, 0.6) is 0 Å². The summed E-state index contributed by atoms with van der Waals surface area (Å²) in [4.78, 5) is 30.2. The summed E-state index contributed by atoms with van der Waals surface area (Å²) >= 11 is 0. The summed E-state index contributed by atoms with van der Waals surface area (Å²) < 4.78 is 36.7. The molecule has 26 heavy (non-hydrogen) atoms. The zero-order valence-electron chi connectivity index (χ0n) is 14.6. The Kier molecular flexibility index (Phi) is 5.24. The van der Waals surface area contributed by atoms with Crippen LogP contribution >= 0.6 is 0 Å². The Morgan fingerprint density at radius 2 is 1.81 bits per heavy atom. The number of likely N-dealkylation sites (tertiary alicyclic amines) is 1. The summed E-state index contributed by atoms with van der Waals surface area (Å²) in [5.41, 5.74) is 0. The Morgan fingerprint density at radius 3 is 2.35 bits per heavy atom. The molecule has 4 unspecified atom stereocenters. The Balaban J connectivity index is 1.51. The van der Waals surface area contributed by atoms with Gasteiger partial charge in [0, 0.05) is 19.6 Å². The summed E-state index contributed by atoms with van der Waals surface area (Å²) in [6.07, 6.45) is -0.285. The van der Waals surface area contributed by atoms with Crippen molar-refractivity contribution < 1.29 is 22.8 Å². The Labute approximate surface area is 149 Å². The molecule has 1 heterocycles. The number of rotatable bonds is 6. The van der Waals surface area contributed by atoms with E-state index >= 15 is 0 Å². The second kappa shape index (κ2) is 7.28. The zero-order valence-corrected chi connectivity index (χ0v) is 14.6. The standard InChI is InChI=1S/C17H23F3N4O2/c1-2-21-16(22-6-5-17(18,19)20)23-7-8-24-14(25)12-10-3-4-11(9-10)13(12)15(24)26/h3-4,10-13H,2,5-9H2,1H3,(H2,21,22,23). The van der Waals surface area contributed by atoms with Gasteiger partial charge in [-0.3, -0.25) is 19.5 Å². The van der Waals surface area contributed by atoms with E-state index in [0.29, 0.717) is 6.54 Å². The summed E-state index contributed by atoms with van der Waals surface area (Å²) in [6, 6.07) is 0. The Morgan fingerprint density at radius 1 is 1.19 bits per heavy atom. The van der Waals surface area contributed by atoms with Gasteiger partial charge < -0.3 is 10.6 Å². The number of guanidine groups is 1. The van der Waals surface area contributed by atoms with Gasteiger partial charge in [-0.2, -0.15) is 13.2 Å². The molecule has 0 aromatic heterocycles. The monoisotopic (exact) mass is 372 g/mol. The second-order valence-corrected chi connectivity index (χ2v) is 6.88. The second-order valence-electron chi connectivity index (χ2n) is 6.88. The number of alkyl halides is 3. The van der Waals surface area contributed by atoms with Crippen molar-refractivity contribution in [3.05, 3.63) is 12.2 Å². The molecule has 6 nitrogen and oxygen atoms in total. The average molecular weight is 372 g/mol. The molecule has 2 aliphatic carbocycles. The fraction of sp³-hybridized carbons (Fsp3) is 0.706. The first-order valence-electron chi connectivity index (χ1n) is 8.94. The van der Waals surface area contributed by atoms with Crippen molar-refractivity contribution in [3.63, 3.8) is 0 Å². The third kappa shape index (κ3) is 3.71. The molecular weight excluding hydrogens is 349 g/mol. The van der Waals surface area contributed by atoms with Gasteiger partial charge in [-0.05, 0) is 25.2 Å². The van der Waals surface area contributed by atoms with Crippen LogP contribution in [0.1, 0.15) is 19.8 Å². The van der Waals surface area contributed by atoms with E-state index in [1.165, 1.54) is 4.90 Å². The maximum Gasteiger partial charge on any atom is 0.390 e. The van der Waals surface area contributed by atoms with E-state index in [9.17, 15) is 22.8 Å². The van der Waals surface area contributed by atoms with Crippen molar-refractivity contribution in [2.24, 2.45) is 28.7 Å². The molecule has 1 saturated heterocycles. The number of halogens is 3. The molecule has 0 aromatic rings. The third-order valence-electron chi connectivity index (χ3n) is 5.20. The highest BCUT2D eigenvalue weighted by Crippen LogP contribution is 2.52. The number of amides is 2. The van der Waals surface area contributed by atoms with Crippen molar-refractivity contribution in [2.75, 3.05) is 26.2 Å². The van der Waals surface area contributed by atoms with Crippen LogP contribution < -0.4 is 10.6 Å². The number of nitrogens with one attached hydrogen (secondary N) is 2. The molecule has 144 valence electrons. The van der Waals surface area contributed by atoms with Crippen molar-refractivity contribution >= 4 is 17.8 Å². The first-order chi connectivity index (χ1) is 12.3. The number of carbonyl (C=O) groups excluding carboxylic acids is 2. The van der Waals surface area contributed by atoms with Crippen LogP contribution in [0.25, 0.3) is 0 Å². The van der Waals surface area contributed by atoms with Crippen LogP contribution in [0.4, 0.5) is 13.2 Å². The lowest BCUT2D eigenvalue weighted by Crippen LogP contribution is -2.43. The fourth-order valence-corrected chi connectivity index (χ4v) is 4.11. The maximum atomic E-state index is 12.5. The van der Waals surface area contributed by atoms with Crippen LogP contribution in [0.2, 0.25) is 0 Å². The molecule has 2 N–H and O–H groups in total. The SMILES string of the molecule is CCNC(=NCCC(F)(F)F)NCCN1C(=O)C2C3C=CC(C3)C2C1=O. The molecule has 3 rings (SSSR count). The average Bonchev–Trinajstić information content (AvgIpc) is 3.23. The van der Waals surface area contributed by atoms with Gasteiger partial charge in [0.2, 0.25) is 11.8 Å². The van der Waals surface area contributed by atoms with Gasteiger partial charge in [-0.25, -0.2) is 0 Å². The number of hydrogen-bond donors (Lipinski definition) is 2. The Hall–Kier alpha value is -2.06. The number of imide groups is 1. The van der Waals surface area contributed by atoms with Gasteiger partial charge in [0.15, 0.2) is 5.96 Å². The van der Waals surface area contributed by atoms with E-state index in [0.717, 1.165) is 6.42 Å². The molecule has 1 aliphatic heterocycles. The maximum absolute atomic E-state index is 12.5. The minimum atomic E-state index is -4.25. The smallest absolute Gasteiger partial charge is 0.357 e. The normalized spacial score (nSPS) is 30.3. The van der Waals surface area contributed by atoms with Crippen LogP contribution in [0, 0.1) is 23.7 Å². The summed E-state index contributed by atoms with van der Waals surface area (Å²) in [5.74, 6) is -0.133. The summed E-state index contributed by atoms with van der Waals surface area (Å²) in [7, 11) is 0. The Bertz CT molecular complexity index is 602. The zero-order chi connectivity index (χ0) is 18.9. The lowest BCUT2D eigenvalue weighted by atomic mass is 9.85. The van der Waals surface area contributed by atoms with E-state index in [4.69, 9.17) is 0 Å². The minimum Gasteiger partial charge on any atom is -0.357 e. The van der Waals surface area contributed by atoms with Gasteiger partial charge in [-0.1, -0.05) is 12.2 Å². The topological polar surface area (TPSA) is 73.8 Å². The van der Waals surface area contributed by atoms with E-state index in [1.54, 1.807) is 6.92 Å². The van der Waals surface area contributed by atoms with Crippen LogP contribution in [0.15, 0.2) is 17.1 Å². The van der Waals surface area contributed by atoms with Gasteiger partial charge in [-0.15, -0.1) is 0 Å². The number of hydrogen-bond acceptors (Lipinski definition) is 3. The molecule has 0 radical (unpaired) electrons. The molecule has 0 spiro atoms. The molecule has 9 heteroatoms. The predicted molar refractivity (Wildman–Crippen MR) is 89.1 cm³/mol. The highest BCUT2D eigenvalue weighted by molar-refractivity contribution is 6.06. The summed E-state index contributed by atoms with van der Waals surface area (Å²) in [5, 5.41) is 5.74. The van der Waals surface area contributed by atoms with Gasteiger partial charge >= 0.3 is 6.18 Å².